The topological polar surface area (TPSA) is 80.3 Å². The van der Waals surface area contributed by atoms with Crippen molar-refractivity contribution in [2.24, 2.45) is 13.0 Å². The highest BCUT2D eigenvalue weighted by atomic mass is 16.1. The molecule has 1 N–H and O–H groups in total. The van der Waals surface area contributed by atoms with Gasteiger partial charge in [0, 0.05) is 55.9 Å². The number of piperidine rings is 1. The number of likely N-dealkylation sites (tertiary alicyclic amines) is 1. The maximum Gasteiger partial charge on any atom is 0.274 e. The Morgan fingerprint density at radius 3 is 2.80 bits per heavy atom. The largest absolute Gasteiger partial charge is 0.321 e. The number of hydrogen-bond donors (Lipinski definition) is 1. The molecule has 3 aliphatic rings. The molecule has 2 aliphatic carbocycles. The predicted molar refractivity (Wildman–Crippen MR) is 160 cm³/mol. The Kier molecular flexibility index (Phi) is 7.19. The third-order valence-corrected chi connectivity index (χ3v) is 9.70. The van der Waals surface area contributed by atoms with E-state index in [1.54, 1.807) is 6.33 Å². The average molecular weight is 552 g/mol. The number of fused-ring (bicyclic) bond motifs is 1. The summed E-state index contributed by atoms with van der Waals surface area (Å²) in [5.41, 5.74) is 5.84. The molecule has 0 bridgehead atoms. The summed E-state index contributed by atoms with van der Waals surface area (Å²) >= 11 is 0. The second-order valence-corrected chi connectivity index (χ2v) is 13.4. The summed E-state index contributed by atoms with van der Waals surface area (Å²) in [5, 5.41) is 11.5. The zero-order valence-corrected chi connectivity index (χ0v) is 24.8. The summed E-state index contributed by atoms with van der Waals surface area (Å²) in [6, 6.07) is 10.2. The number of carbonyl (C=O) groups is 1. The van der Waals surface area contributed by atoms with Crippen LogP contribution < -0.4 is 5.32 Å². The van der Waals surface area contributed by atoms with Crippen molar-refractivity contribution in [3.8, 4) is 0 Å². The molecule has 3 heterocycles. The molecule has 8 nitrogen and oxygen atoms in total. The number of aromatic nitrogens is 4. The Bertz CT molecular complexity index is 1490. The molecule has 214 valence electrons. The van der Waals surface area contributed by atoms with Gasteiger partial charge in [-0.15, -0.1) is 10.2 Å². The smallest absolute Gasteiger partial charge is 0.274 e. The van der Waals surface area contributed by atoms with Crippen molar-refractivity contribution in [1.29, 1.82) is 0 Å². The molecule has 1 atom stereocenters. The van der Waals surface area contributed by atoms with Crippen molar-refractivity contribution < 1.29 is 4.79 Å². The molecule has 1 aliphatic heterocycles. The van der Waals surface area contributed by atoms with Crippen molar-refractivity contribution in [1.82, 2.24) is 24.6 Å². The van der Waals surface area contributed by atoms with E-state index in [0.29, 0.717) is 18.0 Å². The Morgan fingerprint density at radius 2 is 2.07 bits per heavy atom. The summed E-state index contributed by atoms with van der Waals surface area (Å²) in [4.78, 5) is 25.0. The number of carbonyl (C=O) groups excluding carboxylic acids is 1. The van der Waals surface area contributed by atoms with Gasteiger partial charge in [-0.2, -0.15) is 0 Å². The number of pyridine rings is 1. The van der Waals surface area contributed by atoms with Crippen LogP contribution in [0.15, 0.2) is 36.7 Å². The van der Waals surface area contributed by atoms with Gasteiger partial charge in [-0.3, -0.25) is 9.69 Å². The summed E-state index contributed by atoms with van der Waals surface area (Å²) in [6.07, 6.45) is 8.60. The minimum Gasteiger partial charge on any atom is -0.321 e. The van der Waals surface area contributed by atoms with Gasteiger partial charge in [0.2, 0.25) is 6.04 Å². The molecule has 2 fully saturated rings. The number of nitrogens with zero attached hydrogens (tertiary/aromatic N) is 6. The van der Waals surface area contributed by atoms with Gasteiger partial charge in [0.25, 0.3) is 5.91 Å². The SMILES string of the molecule is [C-]#[N+]C1CC(Cc2nncn2C)(c2cccc(NC(=O)c3cc(CN4CCC[C@H](C)C4)c4c(n3)C(C)(C)CC4)c2)C1. The highest BCUT2D eigenvalue weighted by Crippen LogP contribution is 2.48. The fourth-order valence-electron chi connectivity index (χ4n) is 7.26. The molecule has 1 amide bonds. The molecule has 2 aromatic heterocycles. The maximum absolute atomic E-state index is 13.7. The molecule has 0 unspecified atom stereocenters. The number of nitrogens with one attached hydrogen (secondary N) is 1. The fraction of sp³-hybridized carbons (Fsp3) is 0.545. The van der Waals surface area contributed by atoms with E-state index in [4.69, 9.17) is 11.6 Å². The fourth-order valence-corrected chi connectivity index (χ4v) is 7.26. The Labute approximate surface area is 243 Å². The van der Waals surface area contributed by atoms with Crippen LogP contribution in [0.4, 0.5) is 5.69 Å². The molecule has 3 aromatic rings. The van der Waals surface area contributed by atoms with Crippen LogP contribution in [0, 0.1) is 12.5 Å². The molecule has 1 aromatic carbocycles. The van der Waals surface area contributed by atoms with E-state index in [2.05, 4.69) is 58.2 Å². The summed E-state index contributed by atoms with van der Waals surface area (Å²) in [5.74, 6) is 1.45. The molecule has 1 saturated carbocycles. The van der Waals surface area contributed by atoms with Crippen LogP contribution in [0.25, 0.3) is 4.85 Å². The Morgan fingerprint density at radius 1 is 1.24 bits per heavy atom. The van der Waals surface area contributed by atoms with Gasteiger partial charge in [-0.05, 0) is 73.0 Å². The van der Waals surface area contributed by atoms with Gasteiger partial charge in [0.1, 0.15) is 17.8 Å². The molecular weight excluding hydrogens is 510 g/mol. The first-order valence-corrected chi connectivity index (χ1v) is 15.0. The van der Waals surface area contributed by atoms with Crippen LogP contribution in [-0.2, 0) is 37.3 Å². The van der Waals surface area contributed by atoms with Gasteiger partial charge in [-0.1, -0.05) is 32.9 Å². The Hall–Kier alpha value is -3.57. The van der Waals surface area contributed by atoms with E-state index >= 15 is 0 Å². The van der Waals surface area contributed by atoms with Gasteiger partial charge >= 0.3 is 0 Å². The van der Waals surface area contributed by atoms with Gasteiger partial charge in [0.15, 0.2) is 0 Å². The lowest BCUT2D eigenvalue weighted by Gasteiger charge is -2.42. The summed E-state index contributed by atoms with van der Waals surface area (Å²) in [6.45, 7) is 17.5. The van der Waals surface area contributed by atoms with Crippen LogP contribution in [-0.4, -0.2) is 49.7 Å². The van der Waals surface area contributed by atoms with Crippen molar-refractivity contribution in [2.75, 3.05) is 18.4 Å². The standard InChI is InChI=1S/C33H41N7O/c1-22-8-7-13-40(19-22)20-23-14-28(37-30-27(23)11-12-32(30,2)3)31(41)36-25-10-6-9-24(15-25)33(16-26(17-33)34-4)18-29-38-35-21-39(29)5/h6,9-10,14-15,21-22,26H,7-8,11-13,16-20H2,1-3,5H3,(H,36,41)/t22-,26?,33?/m0/s1. The molecule has 1 saturated heterocycles. The predicted octanol–water partition coefficient (Wildman–Crippen LogP) is 5.48. The monoisotopic (exact) mass is 551 g/mol. The van der Waals surface area contributed by atoms with Gasteiger partial charge < -0.3 is 14.7 Å². The molecule has 8 heteroatoms. The number of hydrogen-bond acceptors (Lipinski definition) is 5. The molecule has 41 heavy (non-hydrogen) atoms. The van der Waals surface area contributed by atoms with Crippen molar-refractivity contribution >= 4 is 11.6 Å². The van der Waals surface area contributed by atoms with Crippen LogP contribution in [0.3, 0.4) is 0 Å². The van der Waals surface area contributed by atoms with E-state index in [1.165, 1.54) is 24.0 Å². The molecule has 0 radical (unpaired) electrons. The highest BCUT2D eigenvalue weighted by molar-refractivity contribution is 6.03. The summed E-state index contributed by atoms with van der Waals surface area (Å²) < 4.78 is 1.95. The van der Waals surface area contributed by atoms with Crippen molar-refractivity contribution in [2.45, 2.75) is 89.1 Å². The number of rotatable bonds is 7. The van der Waals surface area contributed by atoms with E-state index in [1.807, 2.05) is 29.8 Å². The Balaban J connectivity index is 1.26. The summed E-state index contributed by atoms with van der Waals surface area (Å²) in [7, 11) is 1.95. The first-order chi connectivity index (χ1) is 19.7. The first kappa shape index (κ1) is 27.6. The van der Waals surface area contributed by atoms with Crippen LogP contribution in [0.1, 0.15) is 91.6 Å². The zero-order valence-electron chi connectivity index (χ0n) is 24.8. The van der Waals surface area contributed by atoms with Gasteiger partial charge in [0.05, 0.1) is 5.69 Å². The first-order valence-electron chi connectivity index (χ1n) is 15.0. The number of aryl methyl sites for hydroxylation is 1. The van der Waals surface area contributed by atoms with E-state index in [9.17, 15) is 4.79 Å². The maximum atomic E-state index is 13.7. The van der Waals surface area contributed by atoms with Crippen LogP contribution in [0.2, 0.25) is 0 Å². The van der Waals surface area contributed by atoms with Crippen LogP contribution >= 0.6 is 0 Å². The number of amides is 1. The number of anilines is 1. The molecule has 6 rings (SSSR count). The van der Waals surface area contributed by atoms with Crippen molar-refractivity contribution in [3.05, 3.63) is 82.0 Å². The third-order valence-electron chi connectivity index (χ3n) is 9.70. The lowest BCUT2D eigenvalue weighted by Crippen LogP contribution is -2.45. The van der Waals surface area contributed by atoms with Crippen molar-refractivity contribution in [3.63, 3.8) is 0 Å². The number of benzene rings is 1. The minimum atomic E-state index is -0.189. The normalized spacial score (nSPS) is 25.2. The van der Waals surface area contributed by atoms with Crippen LogP contribution in [0.5, 0.6) is 0 Å². The highest BCUT2D eigenvalue weighted by Gasteiger charge is 2.50. The lowest BCUT2D eigenvalue weighted by molar-refractivity contribution is 0.102. The van der Waals surface area contributed by atoms with E-state index in [0.717, 1.165) is 68.1 Å². The third kappa shape index (κ3) is 5.40. The minimum absolute atomic E-state index is 0.0155. The van der Waals surface area contributed by atoms with E-state index in [-0.39, 0.29) is 22.8 Å². The second-order valence-electron chi connectivity index (χ2n) is 13.4. The lowest BCUT2D eigenvalue weighted by atomic mass is 9.60. The second kappa shape index (κ2) is 10.7. The zero-order chi connectivity index (χ0) is 28.8. The average Bonchev–Trinajstić information content (AvgIpc) is 3.47. The van der Waals surface area contributed by atoms with E-state index < -0.39 is 0 Å². The van der Waals surface area contributed by atoms with Gasteiger partial charge in [-0.25, -0.2) is 11.6 Å². The quantitative estimate of drug-likeness (QED) is 0.394. The molecule has 0 spiro atoms. The molecular formula is C33H41N7O.